The zero-order chi connectivity index (χ0) is 23.0. The van der Waals surface area contributed by atoms with E-state index in [4.69, 9.17) is 14.7 Å². The molecule has 0 aliphatic rings. The summed E-state index contributed by atoms with van der Waals surface area (Å²) in [7, 11) is 0. The van der Waals surface area contributed by atoms with Gasteiger partial charge in [-0.25, -0.2) is 14.8 Å². The maximum Gasteiger partial charge on any atom is 0.343 e. The van der Waals surface area contributed by atoms with Crippen LogP contribution >= 0.6 is 22.7 Å². The Morgan fingerprint density at radius 2 is 1.39 bits per heavy atom. The molecular formula is C27H22N2O2S2. The molecule has 0 bridgehead atoms. The number of benzene rings is 2. The van der Waals surface area contributed by atoms with Crippen molar-refractivity contribution in [1.29, 1.82) is 0 Å². The predicted octanol–water partition coefficient (Wildman–Crippen LogP) is 7.60. The Kier molecular flexibility index (Phi) is 5.56. The molecule has 0 atom stereocenters. The molecule has 0 saturated carbocycles. The summed E-state index contributed by atoms with van der Waals surface area (Å²) in [6.07, 6.45) is 0. The highest BCUT2D eigenvalue weighted by Gasteiger charge is 2.17. The van der Waals surface area contributed by atoms with Gasteiger partial charge >= 0.3 is 5.97 Å². The first kappa shape index (κ1) is 21.5. The van der Waals surface area contributed by atoms with Gasteiger partial charge in [-0.1, -0.05) is 45.0 Å². The van der Waals surface area contributed by atoms with E-state index in [1.165, 1.54) is 5.56 Å². The van der Waals surface area contributed by atoms with E-state index in [0.717, 1.165) is 26.7 Å². The summed E-state index contributed by atoms with van der Waals surface area (Å²) in [5.74, 6) is 0.105. The number of hydrogen-bond acceptors (Lipinski definition) is 6. The van der Waals surface area contributed by atoms with E-state index in [0.29, 0.717) is 16.8 Å². The number of ether oxygens (including phenoxy) is 1. The first-order chi connectivity index (χ1) is 15.9. The lowest BCUT2D eigenvalue weighted by molar-refractivity contribution is 0.0735. The zero-order valence-electron chi connectivity index (χ0n) is 18.5. The number of thiophene rings is 2. The van der Waals surface area contributed by atoms with Crippen molar-refractivity contribution >= 4 is 39.7 Å². The van der Waals surface area contributed by atoms with Crippen LogP contribution in [0.3, 0.4) is 0 Å². The van der Waals surface area contributed by atoms with E-state index in [1.54, 1.807) is 34.8 Å². The van der Waals surface area contributed by atoms with Crippen LogP contribution in [-0.2, 0) is 5.41 Å². The maximum atomic E-state index is 12.8. The van der Waals surface area contributed by atoms with Crippen LogP contribution in [0.25, 0.3) is 32.2 Å². The van der Waals surface area contributed by atoms with Gasteiger partial charge in [-0.3, -0.25) is 0 Å². The highest BCUT2D eigenvalue weighted by molar-refractivity contribution is 7.14. The number of carbonyl (C=O) groups excluding carboxylic acids is 1. The van der Waals surface area contributed by atoms with Crippen LogP contribution in [0, 0.1) is 0 Å². The number of esters is 1. The fourth-order valence-electron chi connectivity index (χ4n) is 3.54. The molecule has 5 aromatic rings. The lowest BCUT2D eigenvalue weighted by atomic mass is 9.87. The molecule has 4 nitrogen and oxygen atoms in total. The summed E-state index contributed by atoms with van der Waals surface area (Å²) < 4.78 is 5.62. The lowest BCUT2D eigenvalue weighted by Gasteiger charge is -2.19. The highest BCUT2D eigenvalue weighted by Crippen LogP contribution is 2.35. The van der Waals surface area contributed by atoms with Crippen molar-refractivity contribution < 1.29 is 9.53 Å². The minimum atomic E-state index is -0.415. The minimum absolute atomic E-state index is 0.0434. The van der Waals surface area contributed by atoms with E-state index in [-0.39, 0.29) is 5.41 Å². The molecule has 0 aliphatic carbocycles. The summed E-state index contributed by atoms with van der Waals surface area (Å²) in [6.45, 7) is 6.45. The molecule has 6 heteroatoms. The first-order valence-corrected chi connectivity index (χ1v) is 12.4. The van der Waals surface area contributed by atoms with E-state index < -0.39 is 5.97 Å². The van der Waals surface area contributed by atoms with Gasteiger partial charge in [0, 0.05) is 0 Å². The van der Waals surface area contributed by atoms with Crippen molar-refractivity contribution in [3.05, 3.63) is 88.6 Å². The second-order valence-corrected chi connectivity index (χ2v) is 10.6. The smallest absolute Gasteiger partial charge is 0.343 e. The second kappa shape index (κ2) is 8.54. The van der Waals surface area contributed by atoms with Crippen LogP contribution in [0.2, 0.25) is 0 Å². The van der Waals surface area contributed by atoms with Gasteiger partial charge in [0.25, 0.3) is 0 Å². The second-order valence-electron chi connectivity index (χ2n) is 8.74. The Hall–Kier alpha value is -3.35. The summed E-state index contributed by atoms with van der Waals surface area (Å²) in [4.78, 5) is 24.7. The van der Waals surface area contributed by atoms with E-state index in [9.17, 15) is 4.79 Å². The van der Waals surface area contributed by atoms with Crippen molar-refractivity contribution in [2.45, 2.75) is 26.2 Å². The minimum Gasteiger partial charge on any atom is -0.423 e. The first-order valence-electron chi connectivity index (χ1n) is 10.6. The van der Waals surface area contributed by atoms with Gasteiger partial charge in [0.15, 0.2) is 0 Å². The third kappa shape index (κ3) is 4.45. The van der Waals surface area contributed by atoms with E-state index in [2.05, 4.69) is 20.8 Å². The standard InChI is InChI=1S/C27H22N2O2S2/c1-27(2,3)18-9-11-19(12-10-18)31-26(30)17-8-13-20-21(16-17)29-25(23-7-5-15-33-23)24(28-20)22-6-4-14-32-22/h4-16H,1-3H3. The van der Waals surface area contributed by atoms with Gasteiger partial charge in [0.2, 0.25) is 0 Å². The lowest BCUT2D eigenvalue weighted by Crippen LogP contribution is -2.12. The highest BCUT2D eigenvalue weighted by atomic mass is 32.1. The van der Waals surface area contributed by atoms with Crippen molar-refractivity contribution in [2.75, 3.05) is 0 Å². The van der Waals surface area contributed by atoms with E-state index in [1.807, 2.05) is 65.4 Å². The number of fused-ring (bicyclic) bond motifs is 1. The van der Waals surface area contributed by atoms with Crippen LogP contribution in [-0.4, -0.2) is 15.9 Å². The van der Waals surface area contributed by atoms with Crippen molar-refractivity contribution in [2.24, 2.45) is 0 Å². The molecule has 0 amide bonds. The molecule has 0 fully saturated rings. The van der Waals surface area contributed by atoms with Gasteiger partial charge in [0.05, 0.1) is 26.4 Å². The molecule has 0 radical (unpaired) electrons. The number of rotatable bonds is 4. The third-order valence-corrected chi connectivity index (χ3v) is 7.09. The zero-order valence-corrected chi connectivity index (χ0v) is 20.2. The molecular weight excluding hydrogens is 448 g/mol. The van der Waals surface area contributed by atoms with Crippen LogP contribution in [0.4, 0.5) is 0 Å². The van der Waals surface area contributed by atoms with Crippen LogP contribution < -0.4 is 4.74 Å². The summed E-state index contributed by atoms with van der Waals surface area (Å²) in [5, 5.41) is 4.06. The maximum absolute atomic E-state index is 12.8. The Labute approximate surface area is 200 Å². The number of nitrogens with zero attached hydrogens (tertiary/aromatic N) is 2. The number of aromatic nitrogens is 2. The Balaban J connectivity index is 1.49. The Bertz CT molecular complexity index is 1420. The van der Waals surface area contributed by atoms with E-state index >= 15 is 0 Å². The van der Waals surface area contributed by atoms with Crippen LogP contribution in [0.1, 0.15) is 36.7 Å². The normalized spacial score (nSPS) is 11.6. The largest absolute Gasteiger partial charge is 0.423 e. The van der Waals surface area contributed by atoms with Crippen LogP contribution in [0.15, 0.2) is 77.5 Å². The van der Waals surface area contributed by atoms with Gasteiger partial charge in [0.1, 0.15) is 17.1 Å². The molecule has 3 heterocycles. The molecule has 2 aromatic carbocycles. The quantitative estimate of drug-likeness (QED) is 0.200. The van der Waals surface area contributed by atoms with Gasteiger partial charge in [-0.15, -0.1) is 22.7 Å². The van der Waals surface area contributed by atoms with Gasteiger partial charge in [-0.05, 0) is 64.2 Å². The predicted molar refractivity (Wildman–Crippen MR) is 136 cm³/mol. The fourth-order valence-corrected chi connectivity index (χ4v) is 4.97. The molecule has 33 heavy (non-hydrogen) atoms. The average molecular weight is 471 g/mol. The Morgan fingerprint density at radius 1 is 0.788 bits per heavy atom. The summed E-state index contributed by atoms with van der Waals surface area (Å²) in [5.41, 5.74) is 4.75. The molecule has 0 aliphatic heterocycles. The summed E-state index contributed by atoms with van der Waals surface area (Å²) in [6, 6.07) is 21.1. The van der Waals surface area contributed by atoms with Crippen molar-refractivity contribution in [3.63, 3.8) is 0 Å². The Morgan fingerprint density at radius 3 is 1.94 bits per heavy atom. The van der Waals surface area contributed by atoms with Gasteiger partial charge in [-0.2, -0.15) is 0 Å². The molecule has 0 unspecified atom stereocenters. The van der Waals surface area contributed by atoms with Crippen molar-refractivity contribution in [3.8, 4) is 26.9 Å². The number of hydrogen-bond donors (Lipinski definition) is 0. The topological polar surface area (TPSA) is 52.1 Å². The monoisotopic (exact) mass is 470 g/mol. The molecule has 0 spiro atoms. The summed E-state index contributed by atoms with van der Waals surface area (Å²) >= 11 is 3.26. The molecule has 5 rings (SSSR count). The SMILES string of the molecule is CC(C)(C)c1ccc(OC(=O)c2ccc3nc(-c4cccs4)c(-c4cccs4)nc3c2)cc1. The number of carbonyl (C=O) groups is 1. The third-order valence-electron chi connectivity index (χ3n) is 5.34. The molecule has 0 N–H and O–H groups in total. The van der Waals surface area contributed by atoms with Crippen molar-refractivity contribution in [1.82, 2.24) is 9.97 Å². The molecule has 0 saturated heterocycles. The molecule has 164 valence electrons. The van der Waals surface area contributed by atoms with Gasteiger partial charge < -0.3 is 4.74 Å². The fraction of sp³-hybridized carbons (Fsp3) is 0.148. The van der Waals surface area contributed by atoms with Crippen LogP contribution in [0.5, 0.6) is 5.75 Å². The average Bonchev–Trinajstić information content (AvgIpc) is 3.52. The molecule has 3 aromatic heterocycles.